The Kier molecular flexibility index (Phi) is 3.94. The third kappa shape index (κ3) is 2.48. The predicted octanol–water partition coefficient (Wildman–Crippen LogP) is 2.44. The molecule has 0 fully saturated rings. The van der Waals surface area contributed by atoms with Gasteiger partial charge in [0.25, 0.3) is 0 Å². The van der Waals surface area contributed by atoms with Crippen LogP contribution in [0.1, 0.15) is 17.4 Å². The van der Waals surface area contributed by atoms with Crippen LogP contribution in [0.2, 0.25) is 5.02 Å². The molecule has 0 aliphatic carbocycles. The first kappa shape index (κ1) is 11.5. The largest absolute Gasteiger partial charge is 0.477 e. The van der Waals surface area contributed by atoms with Crippen molar-refractivity contribution in [2.75, 3.05) is 6.61 Å². The highest BCUT2D eigenvalue weighted by Crippen LogP contribution is 2.28. The van der Waals surface area contributed by atoms with Gasteiger partial charge in [-0.15, -0.1) is 0 Å². The van der Waals surface area contributed by atoms with E-state index >= 15 is 0 Å². The molecule has 0 aliphatic rings. The van der Waals surface area contributed by atoms with Crippen molar-refractivity contribution in [2.45, 2.75) is 6.92 Å². The summed E-state index contributed by atoms with van der Waals surface area (Å²) in [5.74, 6) is -0.931. The highest BCUT2D eigenvalue weighted by atomic mass is 127. The van der Waals surface area contributed by atoms with E-state index in [0.717, 1.165) is 0 Å². The standard InChI is InChI=1S/C8H7ClINO3/c1-2-14-7-6(9)4(10)3-5(11-7)8(12)13/h3H,2H2,1H3,(H,12,13). The average molecular weight is 328 g/mol. The van der Waals surface area contributed by atoms with Gasteiger partial charge in [0.1, 0.15) is 5.02 Å². The van der Waals surface area contributed by atoms with E-state index in [2.05, 4.69) is 4.98 Å². The second kappa shape index (κ2) is 4.79. The van der Waals surface area contributed by atoms with E-state index < -0.39 is 5.97 Å². The summed E-state index contributed by atoms with van der Waals surface area (Å²) in [6.45, 7) is 2.17. The number of pyridine rings is 1. The van der Waals surface area contributed by atoms with E-state index in [1.54, 1.807) is 6.92 Å². The predicted molar refractivity (Wildman–Crippen MR) is 60.1 cm³/mol. The molecule has 0 aliphatic heterocycles. The van der Waals surface area contributed by atoms with Crippen molar-refractivity contribution in [1.29, 1.82) is 0 Å². The molecule has 0 aromatic carbocycles. The number of hydrogen-bond donors (Lipinski definition) is 1. The van der Waals surface area contributed by atoms with Crippen LogP contribution in [0, 0.1) is 3.57 Å². The number of rotatable bonds is 3. The van der Waals surface area contributed by atoms with E-state index in [1.165, 1.54) is 6.07 Å². The lowest BCUT2D eigenvalue weighted by atomic mass is 10.3. The Morgan fingerprint density at radius 3 is 2.93 bits per heavy atom. The van der Waals surface area contributed by atoms with Crippen molar-refractivity contribution in [3.8, 4) is 5.88 Å². The molecule has 0 amide bonds. The molecule has 0 unspecified atom stereocenters. The van der Waals surface area contributed by atoms with Gasteiger partial charge >= 0.3 is 5.97 Å². The second-order valence-corrected chi connectivity index (χ2v) is 3.89. The van der Waals surface area contributed by atoms with Gasteiger partial charge < -0.3 is 9.84 Å². The summed E-state index contributed by atoms with van der Waals surface area (Å²) in [6.07, 6.45) is 0. The van der Waals surface area contributed by atoms with Gasteiger partial charge in [0.15, 0.2) is 5.69 Å². The third-order valence-electron chi connectivity index (χ3n) is 1.38. The fourth-order valence-corrected chi connectivity index (χ4v) is 1.50. The Hall–Kier alpha value is -0.560. The molecule has 0 saturated heterocycles. The van der Waals surface area contributed by atoms with E-state index in [0.29, 0.717) is 15.2 Å². The lowest BCUT2D eigenvalue weighted by Gasteiger charge is -2.06. The summed E-state index contributed by atoms with van der Waals surface area (Å²) >= 11 is 7.79. The van der Waals surface area contributed by atoms with Gasteiger partial charge in [0.05, 0.1) is 6.61 Å². The molecular formula is C8H7ClINO3. The quantitative estimate of drug-likeness (QED) is 0.866. The zero-order valence-corrected chi connectivity index (χ0v) is 10.2. The molecule has 0 saturated carbocycles. The molecule has 1 aromatic heterocycles. The molecule has 4 nitrogen and oxygen atoms in total. The number of carboxylic acid groups (broad SMARTS) is 1. The van der Waals surface area contributed by atoms with Crippen molar-refractivity contribution in [1.82, 2.24) is 4.98 Å². The Morgan fingerprint density at radius 1 is 1.79 bits per heavy atom. The van der Waals surface area contributed by atoms with Gasteiger partial charge in [-0.2, -0.15) is 0 Å². The Bertz CT molecular complexity index is 370. The number of hydrogen-bond acceptors (Lipinski definition) is 3. The molecule has 76 valence electrons. The normalized spacial score (nSPS) is 9.93. The van der Waals surface area contributed by atoms with Crippen molar-refractivity contribution in [3.05, 3.63) is 20.4 Å². The Labute approximate surface area is 99.4 Å². The smallest absolute Gasteiger partial charge is 0.354 e. The highest BCUT2D eigenvalue weighted by Gasteiger charge is 2.13. The first-order chi connectivity index (χ1) is 6.56. The Balaban J connectivity index is 3.20. The third-order valence-corrected chi connectivity index (χ3v) is 2.92. The summed E-state index contributed by atoms with van der Waals surface area (Å²) in [6, 6.07) is 1.40. The minimum atomic E-state index is -1.10. The fraction of sp³-hybridized carbons (Fsp3) is 0.250. The van der Waals surface area contributed by atoms with E-state index in [-0.39, 0.29) is 11.6 Å². The number of aromatic nitrogens is 1. The topological polar surface area (TPSA) is 59.4 Å². The van der Waals surface area contributed by atoms with Crippen LogP contribution in [0.4, 0.5) is 0 Å². The highest BCUT2D eigenvalue weighted by molar-refractivity contribution is 14.1. The molecule has 6 heteroatoms. The number of carbonyl (C=O) groups is 1. The molecule has 14 heavy (non-hydrogen) atoms. The number of carboxylic acids is 1. The van der Waals surface area contributed by atoms with E-state index in [9.17, 15) is 4.79 Å². The maximum Gasteiger partial charge on any atom is 0.354 e. The minimum absolute atomic E-state index is 0.0674. The van der Waals surface area contributed by atoms with Crippen LogP contribution >= 0.6 is 34.2 Å². The molecule has 1 heterocycles. The van der Waals surface area contributed by atoms with Crippen molar-refractivity contribution in [2.24, 2.45) is 0 Å². The lowest BCUT2D eigenvalue weighted by molar-refractivity contribution is 0.0689. The molecule has 0 radical (unpaired) electrons. The van der Waals surface area contributed by atoms with Crippen LogP contribution in [-0.2, 0) is 0 Å². The van der Waals surface area contributed by atoms with Crippen LogP contribution < -0.4 is 4.74 Å². The number of aromatic carboxylic acids is 1. The zero-order valence-electron chi connectivity index (χ0n) is 7.25. The van der Waals surface area contributed by atoms with Crippen LogP contribution in [0.3, 0.4) is 0 Å². The van der Waals surface area contributed by atoms with Crippen LogP contribution in [0.5, 0.6) is 5.88 Å². The Morgan fingerprint density at radius 2 is 2.43 bits per heavy atom. The minimum Gasteiger partial charge on any atom is -0.477 e. The molecule has 0 spiro atoms. The van der Waals surface area contributed by atoms with Crippen molar-refractivity contribution < 1.29 is 14.6 Å². The van der Waals surface area contributed by atoms with Crippen LogP contribution in [0.25, 0.3) is 0 Å². The molecule has 1 N–H and O–H groups in total. The van der Waals surface area contributed by atoms with Gasteiger partial charge in [0.2, 0.25) is 5.88 Å². The average Bonchev–Trinajstić information content (AvgIpc) is 2.12. The van der Waals surface area contributed by atoms with Gasteiger partial charge in [-0.3, -0.25) is 0 Å². The first-order valence-corrected chi connectivity index (χ1v) is 5.24. The van der Waals surface area contributed by atoms with Crippen LogP contribution in [-0.4, -0.2) is 22.7 Å². The zero-order chi connectivity index (χ0) is 10.7. The van der Waals surface area contributed by atoms with Crippen molar-refractivity contribution >= 4 is 40.2 Å². The van der Waals surface area contributed by atoms with Gasteiger partial charge in [0, 0.05) is 3.57 Å². The molecule has 0 bridgehead atoms. The van der Waals surface area contributed by atoms with Crippen molar-refractivity contribution in [3.63, 3.8) is 0 Å². The van der Waals surface area contributed by atoms with Gasteiger partial charge in [-0.05, 0) is 35.6 Å². The lowest BCUT2D eigenvalue weighted by Crippen LogP contribution is -2.04. The molecular weight excluding hydrogens is 320 g/mol. The summed E-state index contributed by atoms with van der Waals surface area (Å²) in [7, 11) is 0. The summed E-state index contributed by atoms with van der Waals surface area (Å²) in [5, 5.41) is 9.07. The van der Waals surface area contributed by atoms with Crippen LogP contribution in [0.15, 0.2) is 6.07 Å². The maximum atomic E-state index is 10.7. The van der Waals surface area contributed by atoms with Gasteiger partial charge in [-0.1, -0.05) is 11.6 Å². The molecule has 1 aromatic rings. The molecule has 0 atom stereocenters. The first-order valence-electron chi connectivity index (χ1n) is 3.78. The fourth-order valence-electron chi connectivity index (χ4n) is 0.818. The maximum absolute atomic E-state index is 10.7. The summed E-state index contributed by atoms with van der Waals surface area (Å²) in [4.78, 5) is 14.4. The van der Waals surface area contributed by atoms with Gasteiger partial charge in [-0.25, -0.2) is 9.78 Å². The summed E-state index contributed by atoms with van der Waals surface area (Å²) < 4.78 is 5.71. The van der Waals surface area contributed by atoms with E-state index in [4.69, 9.17) is 21.4 Å². The second-order valence-electron chi connectivity index (χ2n) is 2.35. The number of ether oxygens (including phenoxy) is 1. The van der Waals surface area contributed by atoms with E-state index in [1.807, 2.05) is 22.6 Å². The number of halogens is 2. The number of nitrogens with zero attached hydrogens (tertiary/aromatic N) is 1. The monoisotopic (exact) mass is 327 g/mol. The SMILES string of the molecule is CCOc1nc(C(=O)O)cc(I)c1Cl. The molecule has 1 rings (SSSR count). The summed E-state index contributed by atoms with van der Waals surface area (Å²) in [5.41, 5.74) is -0.0674.